The molecule has 0 unspecified atom stereocenters. The largest absolute Gasteiger partial charge is 0.480 e. The average Bonchev–Trinajstić information content (AvgIpc) is 2.16. The predicted octanol–water partition coefficient (Wildman–Crippen LogP) is 1.89. The molecule has 4 nitrogen and oxygen atoms in total. The van der Waals surface area contributed by atoms with Crippen molar-refractivity contribution in [2.45, 2.75) is 46.0 Å². The highest BCUT2D eigenvalue weighted by atomic mass is 16.4. The lowest BCUT2D eigenvalue weighted by Gasteiger charge is -2.39. The van der Waals surface area contributed by atoms with Gasteiger partial charge in [0.2, 0.25) is 5.91 Å². The Bertz CT molecular complexity index is 271. The van der Waals surface area contributed by atoms with Gasteiger partial charge in [-0.15, -0.1) is 0 Å². The van der Waals surface area contributed by atoms with Gasteiger partial charge in [-0.25, -0.2) is 0 Å². The van der Waals surface area contributed by atoms with E-state index >= 15 is 0 Å². The number of aliphatic carboxylic acids is 1. The lowest BCUT2D eigenvalue weighted by molar-refractivity contribution is -0.167. The highest BCUT2D eigenvalue weighted by Crippen LogP contribution is 2.42. The van der Waals surface area contributed by atoms with Crippen LogP contribution in [0.15, 0.2) is 0 Å². The van der Waals surface area contributed by atoms with Crippen molar-refractivity contribution in [2.75, 3.05) is 13.1 Å². The third-order valence-corrected chi connectivity index (χ3v) is 3.48. The van der Waals surface area contributed by atoms with Gasteiger partial charge in [0.25, 0.3) is 0 Å². The second-order valence-corrected chi connectivity index (χ2v) is 4.48. The van der Waals surface area contributed by atoms with Crippen molar-refractivity contribution >= 4 is 11.9 Å². The number of hydrogen-bond donors (Lipinski definition) is 1. The fraction of sp³-hybridized carbons (Fsp3) is 0.833. The van der Waals surface area contributed by atoms with Gasteiger partial charge in [0, 0.05) is 13.1 Å². The summed E-state index contributed by atoms with van der Waals surface area (Å²) in [6.07, 6.45) is 3.82. The third-order valence-electron chi connectivity index (χ3n) is 3.48. The number of carboxylic acid groups (broad SMARTS) is 1. The minimum Gasteiger partial charge on any atom is -0.480 e. The van der Waals surface area contributed by atoms with Crippen molar-refractivity contribution in [3.05, 3.63) is 0 Å². The number of hydrogen-bond acceptors (Lipinski definition) is 2. The first-order chi connectivity index (χ1) is 7.58. The van der Waals surface area contributed by atoms with Crippen molar-refractivity contribution in [1.29, 1.82) is 0 Å². The van der Waals surface area contributed by atoms with Crippen molar-refractivity contribution in [1.82, 2.24) is 4.90 Å². The molecule has 4 heteroatoms. The lowest BCUT2D eigenvalue weighted by atomic mass is 9.67. The van der Waals surface area contributed by atoms with Gasteiger partial charge in [0.15, 0.2) is 0 Å². The van der Waals surface area contributed by atoms with E-state index in [9.17, 15) is 14.7 Å². The van der Waals surface area contributed by atoms with E-state index in [-0.39, 0.29) is 5.91 Å². The fourth-order valence-electron chi connectivity index (χ4n) is 2.10. The Kier molecular flexibility index (Phi) is 4.33. The summed E-state index contributed by atoms with van der Waals surface area (Å²) < 4.78 is 0. The Morgan fingerprint density at radius 2 is 1.94 bits per heavy atom. The predicted molar refractivity (Wildman–Crippen MR) is 61.1 cm³/mol. The van der Waals surface area contributed by atoms with Gasteiger partial charge in [-0.2, -0.15) is 0 Å². The van der Waals surface area contributed by atoms with Crippen LogP contribution in [0.1, 0.15) is 46.0 Å². The van der Waals surface area contributed by atoms with Crippen LogP contribution in [0.25, 0.3) is 0 Å². The van der Waals surface area contributed by atoms with E-state index in [4.69, 9.17) is 0 Å². The Balaban J connectivity index is 2.69. The monoisotopic (exact) mass is 227 g/mol. The van der Waals surface area contributed by atoms with Crippen LogP contribution in [0.2, 0.25) is 0 Å². The zero-order valence-corrected chi connectivity index (χ0v) is 10.2. The molecule has 1 aliphatic carbocycles. The van der Waals surface area contributed by atoms with Crippen LogP contribution in [-0.2, 0) is 9.59 Å². The van der Waals surface area contributed by atoms with E-state index in [2.05, 4.69) is 6.92 Å². The highest BCUT2D eigenvalue weighted by Gasteiger charge is 2.52. The molecule has 0 aromatic heterocycles. The Morgan fingerprint density at radius 1 is 1.31 bits per heavy atom. The molecule has 1 fully saturated rings. The first-order valence-corrected chi connectivity index (χ1v) is 6.11. The fourth-order valence-corrected chi connectivity index (χ4v) is 2.10. The summed E-state index contributed by atoms with van der Waals surface area (Å²) in [6, 6.07) is 0. The maximum atomic E-state index is 12.2. The van der Waals surface area contributed by atoms with Crippen LogP contribution in [0.4, 0.5) is 0 Å². The first kappa shape index (κ1) is 13.0. The SMILES string of the molecule is CCCCN(CC)C(=O)C1(C(=O)O)CCC1. The summed E-state index contributed by atoms with van der Waals surface area (Å²) in [5.74, 6) is -1.12. The van der Waals surface area contributed by atoms with Gasteiger partial charge in [0.05, 0.1) is 0 Å². The van der Waals surface area contributed by atoms with E-state index in [0.717, 1.165) is 19.3 Å². The van der Waals surface area contributed by atoms with Gasteiger partial charge in [-0.1, -0.05) is 19.8 Å². The molecule has 16 heavy (non-hydrogen) atoms. The quantitative estimate of drug-likeness (QED) is 0.705. The minimum absolute atomic E-state index is 0.179. The zero-order chi connectivity index (χ0) is 12.2. The van der Waals surface area contributed by atoms with Crippen LogP contribution < -0.4 is 0 Å². The van der Waals surface area contributed by atoms with E-state index in [1.54, 1.807) is 4.90 Å². The molecule has 1 aliphatic rings. The number of nitrogens with zero attached hydrogens (tertiary/aromatic N) is 1. The molecule has 1 N–H and O–H groups in total. The molecule has 0 radical (unpaired) electrons. The maximum absolute atomic E-state index is 12.2. The molecule has 0 aromatic carbocycles. The number of carbonyl (C=O) groups excluding carboxylic acids is 1. The van der Waals surface area contributed by atoms with E-state index in [1.165, 1.54) is 0 Å². The molecule has 0 aliphatic heterocycles. The number of unbranched alkanes of at least 4 members (excludes halogenated alkanes) is 1. The summed E-state index contributed by atoms with van der Waals surface area (Å²) >= 11 is 0. The second kappa shape index (κ2) is 5.32. The molecule has 0 atom stereocenters. The molecule has 1 saturated carbocycles. The van der Waals surface area contributed by atoms with E-state index < -0.39 is 11.4 Å². The molecule has 0 spiro atoms. The summed E-state index contributed by atoms with van der Waals surface area (Å²) in [6.45, 7) is 5.26. The average molecular weight is 227 g/mol. The number of amides is 1. The van der Waals surface area contributed by atoms with Gasteiger partial charge in [-0.3, -0.25) is 9.59 Å². The maximum Gasteiger partial charge on any atom is 0.319 e. The summed E-state index contributed by atoms with van der Waals surface area (Å²) in [5, 5.41) is 9.18. The smallest absolute Gasteiger partial charge is 0.319 e. The molecule has 0 bridgehead atoms. The number of rotatable bonds is 6. The van der Waals surface area contributed by atoms with Crippen molar-refractivity contribution < 1.29 is 14.7 Å². The molecule has 0 saturated heterocycles. The van der Waals surface area contributed by atoms with E-state index in [0.29, 0.717) is 25.9 Å². The van der Waals surface area contributed by atoms with Crippen LogP contribution in [0.3, 0.4) is 0 Å². The van der Waals surface area contributed by atoms with Crippen molar-refractivity contribution in [2.24, 2.45) is 5.41 Å². The van der Waals surface area contributed by atoms with Crippen LogP contribution in [-0.4, -0.2) is 35.0 Å². The lowest BCUT2D eigenvalue weighted by Crippen LogP contribution is -2.52. The summed E-state index contributed by atoms with van der Waals surface area (Å²) in [4.78, 5) is 25.1. The third kappa shape index (κ3) is 2.20. The summed E-state index contributed by atoms with van der Waals surface area (Å²) in [7, 11) is 0. The molecule has 1 amide bonds. The normalized spacial score (nSPS) is 17.6. The Labute approximate surface area is 96.6 Å². The highest BCUT2D eigenvalue weighted by molar-refractivity contribution is 6.02. The topological polar surface area (TPSA) is 57.6 Å². The molecular formula is C12H21NO3. The minimum atomic E-state index is -1.09. The van der Waals surface area contributed by atoms with Gasteiger partial charge >= 0.3 is 5.97 Å². The van der Waals surface area contributed by atoms with Crippen LogP contribution in [0.5, 0.6) is 0 Å². The number of carbonyl (C=O) groups is 2. The molecular weight excluding hydrogens is 206 g/mol. The molecule has 92 valence electrons. The molecule has 0 aromatic rings. The van der Waals surface area contributed by atoms with Crippen LogP contribution in [0, 0.1) is 5.41 Å². The van der Waals surface area contributed by atoms with Gasteiger partial charge in [0.1, 0.15) is 5.41 Å². The standard InChI is InChI=1S/C12H21NO3/c1-3-5-9-13(4-2)10(14)12(11(15)16)7-6-8-12/h3-9H2,1-2H3,(H,15,16). The molecule has 1 rings (SSSR count). The summed E-state index contributed by atoms with van der Waals surface area (Å²) in [5.41, 5.74) is -1.09. The first-order valence-electron chi connectivity index (χ1n) is 6.11. The Hall–Kier alpha value is -1.06. The molecule has 0 heterocycles. The van der Waals surface area contributed by atoms with Crippen molar-refractivity contribution in [3.63, 3.8) is 0 Å². The zero-order valence-electron chi connectivity index (χ0n) is 10.2. The van der Waals surface area contributed by atoms with Gasteiger partial charge < -0.3 is 10.0 Å². The Morgan fingerprint density at radius 3 is 2.25 bits per heavy atom. The van der Waals surface area contributed by atoms with Crippen LogP contribution >= 0.6 is 0 Å². The van der Waals surface area contributed by atoms with Crippen molar-refractivity contribution in [3.8, 4) is 0 Å². The number of carboxylic acids is 1. The van der Waals surface area contributed by atoms with E-state index in [1.807, 2.05) is 6.92 Å². The second-order valence-electron chi connectivity index (χ2n) is 4.48. The van der Waals surface area contributed by atoms with Gasteiger partial charge in [-0.05, 0) is 26.2 Å².